The van der Waals surface area contributed by atoms with E-state index in [-0.39, 0.29) is 11.7 Å². The van der Waals surface area contributed by atoms with Crippen molar-refractivity contribution >= 4 is 23.0 Å². The van der Waals surface area contributed by atoms with Crippen molar-refractivity contribution in [3.8, 4) is 5.75 Å². The summed E-state index contributed by atoms with van der Waals surface area (Å²) in [4.78, 5) is 26.1. The lowest BCUT2D eigenvalue weighted by Crippen LogP contribution is -2.49. The summed E-state index contributed by atoms with van der Waals surface area (Å²) >= 11 is 1.38. The van der Waals surface area contributed by atoms with Crippen LogP contribution in [0.2, 0.25) is 0 Å². The molecule has 1 heterocycles. The van der Waals surface area contributed by atoms with Crippen LogP contribution in [0, 0.1) is 13.8 Å². The van der Waals surface area contributed by atoms with E-state index >= 15 is 0 Å². The van der Waals surface area contributed by atoms with Gasteiger partial charge < -0.3 is 10.1 Å². The topological polar surface area (TPSA) is 55.4 Å². The number of thiophene rings is 1. The lowest BCUT2D eigenvalue weighted by molar-refractivity contribution is 0.0799. The maximum absolute atomic E-state index is 13.0. The van der Waals surface area contributed by atoms with Crippen LogP contribution in [0.5, 0.6) is 5.75 Å². The number of carbonyl (C=O) groups is 2. The maximum Gasteiger partial charge on any atom is 0.262 e. The second-order valence-corrected chi connectivity index (χ2v) is 7.58. The van der Waals surface area contributed by atoms with Gasteiger partial charge in [0.1, 0.15) is 5.75 Å². The van der Waals surface area contributed by atoms with E-state index in [0.717, 1.165) is 23.3 Å². The van der Waals surface area contributed by atoms with E-state index in [1.807, 2.05) is 38.3 Å². The quantitative estimate of drug-likeness (QED) is 0.738. The third kappa shape index (κ3) is 4.48. The Kier molecular flexibility index (Phi) is 6.01. The van der Waals surface area contributed by atoms with Crippen LogP contribution in [-0.4, -0.2) is 23.8 Å². The standard InChI is InChI=1S/C20H25NO3S/c1-6-10-24-15-7-8-16(14(3)12-15)18(22)20(4,5)21-19(23)17-13(2)9-11-25-17/h7-9,11-12H,6,10H2,1-5H3,(H,21,23). The van der Waals surface area contributed by atoms with Gasteiger partial charge in [-0.2, -0.15) is 0 Å². The van der Waals surface area contributed by atoms with Gasteiger partial charge in [0.25, 0.3) is 5.91 Å². The van der Waals surface area contributed by atoms with Crippen molar-refractivity contribution in [1.29, 1.82) is 0 Å². The highest BCUT2D eigenvalue weighted by atomic mass is 32.1. The van der Waals surface area contributed by atoms with E-state index in [1.165, 1.54) is 11.3 Å². The molecule has 1 N–H and O–H groups in total. The number of rotatable bonds is 7. The highest BCUT2D eigenvalue weighted by Crippen LogP contribution is 2.23. The van der Waals surface area contributed by atoms with E-state index in [9.17, 15) is 9.59 Å². The van der Waals surface area contributed by atoms with Crippen molar-refractivity contribution in [2.24, 2.45) is 0 Å². The van der Waals surface area contributed by atoms with E-state index < -0.39 is 5.54 Å². The first-order chi connectivity index (χ1) is 11.8. The lowest BCUT2D eigenvalue weighted by Gasteiger charge is -2.25. The SMILES string of the molecule is CCCOc1ccc(C(=O)C(C)(C)NC(=O)c2sccc2C)c(C)c1. The van der Waals surface area contributed by atoms with Crippen molar-refractivity contribution in [2.75, 3.05) is 6.61 Å². The normalized spacial score (nSPS) is 11.2. The molecule has 0 radical (unpaired) electrons. The zero-order valence-electron chi connectivity index (χ0n) is 15.4. The molecule has 0 aliphatic rings. The Bertz CT molecular complexity index is 777. The predicted octanol–water partition coefficient (Wildman–Crippen LogP) is 4.55. The van der Waals surface area contributed by atoms with E-state index in [2.05, 4.69) is 5.32 Å². The second-order valence-electron chi connectivity index (χ2n) is 6.67. The number of Topliss-reactive ketones (excluding diaryl/α,β-unsaturated/α-hetero) is 1. The molecule has 1 aromatic carbocycles. The van der Waals surface area contributed by atoms with E-state index in [4.69, 9.17) is 4.74 Å². The van der Waals surface area contributed by atoms with Gasteiger partial charge in [0.2, 0.25) is 0 Å². The largest absolute Gasteiger partial charge is 0.494 e. The summed E-state index contributed by atoms with van der Waals surface area (Å²) in [5, 5.41) is 4.74. The summed E-state index contributed by atoms with van der Waals surface area (Å²) < 4.78 is 5.60. The fourth-order valence-electron chi connectivity index (χ4n) is 2.54. The summed E-state index contributed by atoms with van der Waals surface area (Å²) in [5.41, 5.74) is 1.36. The molecule has 0 aliphatic carbocycles. The molecule has 0 saturated heterocycles. The van der Waals surface area contributed by atoms with Gasteiger partial charge in [-0.3, -0.25) is 9.59 Å². The minimum atomic E-state index is -0.996. The molecule has 0 atom stereocenters. The summed E-state index contributed by atoms with van der Waals surface area (Å²) in [7, 11) is 0. The smallest absolute Gasteiger partial charge is 0.262 e. The number of carbonyl (C=O) groups excluding carboxylic acids is 2. The van der Waals surface area contributed by atoms with Crippen LogP contribution in [0.15, 0.2) is 29.6 Å². The summed E-state index contributed by atoms with van der Waals surface area (Å²) in [6.45, 7) is 9.93. The Morgan fingerprint density at radius 1 is 1.16 bits per heavy atom. The summed E-state index contributed by atoms with van der Waals surface area (Å²) in [5.74, 6) is 0.424. The monoisotopic (exact) mass is 359 g/mol. The number of hydrogen-bond donors (Lipinski definition) is 1. The number of amides is 1. The van der Waals surface area contributed by atoms with Crippen LogP contribution in [0.3, 0.4) is 0 Å². The first-order valence-electron chi connectivity index (χ1n) is 8.41. The fraction of sp³-hybridized carbons (Fsp3) is 0.400. The molecule has 0 unspecified atom stereocenters. The summed E-state index contributed by atoms with van der Waals surface area (Å²) in [6, 6.07) is 7.34. The van der Waals surface area contributed by atoms with Crippen molar-refractivity contribution in [2.45, 2.75) is 46.6 Å². The van der Waals surface area contributed by atoms with Crippen molar-refractivity contribution in [1.82, 2.24) is 5.32 Å². The molecular formula is C20H25NO3S. The molecule has 2 aromatic rings. The average molecular weight is 359 g/mol. The second kappa shape index (κ2) is 7.83. The van der Waals surface area contributed by atoms with Gasteiger partial charge in [0.05, 0.1) is 17.0 Å². The minimum absolute atomic E-state index is 0.116. The molecule has 5 heteroatoms. The average Bonchev–Trinajstić information content (AvgIpc) is 2.98. The highest BCUT2D eigenvalue weighted by Gasteiger charge is 2.32. The zero-order chi connectivity index (χ0) is 18.6. The van der Waals surface area contributed by atoms with Crippen molar-refractivity contribution in [3.63, 3.8) is 0 Å². The highest BCUT2D eigenvalue weighted by molar-refractivity contribution is 7.12. The van der Waals surface area contributed by atoms with Gasteiger partial charge >= 0.3 is 0 Å². The van der Waals surface area contributed by atoms with Gasteiger partial charge in [-0.05, 0) is 74.9 Å². The first kappa shape index (κ1) is 19.2. The number of benzene rings is 1. The number of aryl methyl sites for hydroxylation is 2. The molecule has 0 aliphatic heterocycles. The van der Waals surface area contributed by atoms with E-state index in [1.54, 1.807) is 26.0 Å². The molecular weight excluding hydrogens is 334 g/mol. The van der Waals surface area contributed by atoms with Crippen LogP contribution in [0.4, 0.5) is 0 Å². The first-order valence-corrected chi connectivity index (χ1v) is 9.29. The number of ketones is 1. The molecule has 0 spiro atoms. The van der Waals surface area contributed by atoms with Crippen molar-refractivity contribution in [3.05, 3.63) is 51.2 Å². The Labute approximate surface area is 153 Å². The lowest BCUT2D eigenvalue weighted by atomic mass is 9.90. The molecule has 4 nitrogen and oxygen atoms in total. The van der Waals surface area contributed by atoms with Gasteiger partial charge in [-0.15, -0.1) is 11.3 Å². The molecule has 0 bridgehead atoms. The van der Waals surface area contributed by atoms with Gasteiger partial charge in [-0.1, -0.05) is 6.92 Å². The van der Waals surface area contributed by atoms with Crippen molar-refractivity contribution < 1.29 is 14.3 Å². The van der Waals surface area contributed by atoms with E-state index in [0.29, 0.717) is 17.0 Å². The zero-order valence-corrected chi connectivity index (χ0v) is 16.3. The Hall–Kier alpha value is -2.14. The van der Waals surface area contributed by atoms with Gasteiger partial charge in [0.15, 0.2) is 5.78 Å². The Morgan fingerprint density at radius 3 is 2.44 bits per heavy atom. The predicted molar refractivity (Wildman–Crippen MR) is 102 cm³/mol. The third-order valence-corrected chi connectivity index (χ3v) is 4.99. The minimum Gasteiger partial charge on any atom is -0.494 e. The molecule has 0 fully saturated rings. The Balaban J connectivity index is 2.17. The van der Waals surface area contributed by atoms with Crippen LogP contribution in [0.25, 0.3) is 0 Å². The van der Waals surface area contributed by atoms with Gasteiger partial charge in [-0.25, -0.2) is 0 Å². The molecule has 1 aromatic heterocycles. The van der Waals surface area contributed by atoms with Crippen LogP contribution >= 0.6 is 11.3 Å². The number of hydrogen-bond acceptors (Lipinski definition) is 4. The van der Waals surface area contributed by atoms with Gasteiger partial charge in [0, 0.05) is 5.56 Å². The van der Waals surface area contributed by atoms with Crippen LogP contribution < -0.4 is 10.1 Å². The molecule has 0 saturated carbocycles. The molecule has 25 heavy (non-hydrogen) atoms. The maximum atomic E-state index is 13.0. The summed E-state index contributed by atoms with van der Waals surface area (Å²) in [6.07, 6.45) is 0.931. The molecule has 134 valence electrons. The molecule has 1 amide bonds. The molecule has 2 rings (SSSR count). The Morgan fingerprint density at radius 2 is 1.88 bits per heavy atom. The third-order valence-electron chi connectivity index (χ3n) is 3.98. The number of ether oxygens (including phenoxy) is 1. The fourth-order valence-corrected chi connectivity index (χ4v) is 3.36. The number of nitrogens with one attached hydrogen (secondary N) is 1. The van der Waals surface area contributed by atoms with Crippen LogP contribution in [-0.2, 0) is 0 Å². The van der Waals surface area contributed by atoms with Crippen LogP contribution in [0.1, 0.15) is 58.3 Å².